The number of rotatable bonds is 14. The minimum absolute atomic E-state index is 0.134. The van der Waals surface area contributed by atoms with Crippen LogP contribution in [0.25, 0.3) is 0 Å². The van der Waals surface area contributed by atoms with Crippen LogP contribution < -0.4 is 0 Å². The molecule has 0 aliphatic carbocycles. The first-order valence-electron chi connectivity index (χ1n) is 12.4. The Morgan fingerprint density at radius 2 is 1.17 bits per heavy atom. The van der Waals surface area contributed by atoms with Gasteiger partial charge in [0.1, 0.15) is 5.88 Å². The lowest BCUT2D eigenvalue weighted by Crippen LogP contribution is -2.50. The number of hydrogen-bond donors (Lipinski definition) is 2. The van der Waals surface area contributed by atoms with Gasteiger partial charge in [-0.3, -0.25) is 14.4 Å². The third-order valence-corrected chi connectivity index (χ3v) is 6.76. The molecule has 194 valence electrons. The Hall–Kier alpha value is -2.55. The van der Waals surface area contributed by atoms with E-state index in [1.165, 1.54) is 0 Å². The van der Waals surface area contributed by atoms with Gasteiger partial charge >= 0.3 is 0 Å². The normalized spacial score (nSPS) is 13.9. The van der Waals surface area contributed by atoms with E-state index in [2.05, 4.69) is 29.2 Å². The largest absolute Gasteiger partial charge is 0.390 e. The lowest BCUT2D eigenvalue weighted by Gasteiger charge is -2.37. The maximum Gasteiger partial charge on any atom is 0.278 e. The Morgan fingerprint density at radius 1 is 0.722 bits per heavy atom. The molecule has 0 aromatic heterocycles. The van der Waals surface area contributed by atoms with Crippen molar-refractivity contribution >= 4 is 10.1 Å². The van der Waals surface area contributed by atoms with Crippen molar-refractivity contribution in [2.75, 3.05) is 19.0 Å². The van der Waals surface area contributed by atoms with Crippen LogP contribution in [-0.4, -0.2) is 59.0 Å². The quantitative estimate of drug-likeness (QED) is 0.312. The second-order valence-electron chi connectivity index (χ2n) is 9.84. The van der Waals surface area contributed by atoms with E-state index >= 15 is 0 Å². The van der Waals surface area contributed by atoms with Crippen molar-refractivity contribution in [1.29, 1.82) is 0 Å². The van der Waals surface area contributed by atoms with Gasteiger partial charge in [0.15, 0.2) is 0 Å². The second-order valence-corrected chi connectivity index (χ2v) is 11.3. The molecule has 0 saturated heterocycles. The molecule has 2 atom stereocenters. The molecule has 3 rings (SSSR count). The number of nitrogens with zero attached hydrogens (tertiary/aromatic N) is 2. The van der Waals surface area contributed by atoms with Crippen LogP contribution in [0.15, 0.2) is 91.0 Å². The standard InChI is InChI=1S/C29H38N2O4S/c1-24(2)19-30(23-36(33,34)35)22-29(32)28(18-25-12-6-3-7-13-25)31(20-26-14-8-4-9-15-26)21-27-16-10-5-11-17-27/h3-17,24,28-29,32H,18-23H2,1-2H3,(H,33,34,35)/t28-,29+/m0/s1. The molecule has 0 heterocycles. The van der Waals surface area contributed by atoms with Crippen LogP contribution in [0, 0.1) is 5.92 Å². The molecule has 0 spiro atoms. The summed E-state index contributed by atoms with van der Waals surface area (Å²) in [7, 11) is -4.22. The van der Waals surface area contributed by atoms with Crippen molar-refractivity contribution in [1.82, 2.24) is 9.80 Å². The van der Waals surface area contributed by atoms with Gasteiger partial charge in [-0.1, -0.05) is 105 Å². The predicted molar refractivity (Wildman–Crippen MR) is 145 cm³/mol. The maximum absolute atomic E-state index is 11.7. The molecule has 0 bridgehead atoms. The summed E-state index contributed by atoms with van der Waals surface area (Å²) in [6.07, 6.45) is -0.249. The summed E-state index contributed by atoms with van der Waals surface area (Å²) < 4.78 is 32.9. The van der Waals surface area contributed by atoms with Crippen LogP contribution >= 0.6 is 0 Å². The molecule has 0 fully saturated rings. The summed E-state index contributed by atoms with van der Waals surface area (Å²) >= 11 is 0. The number of benzene rings is 3. The number of aliphatic hydroxyl groups is 1. The molecular formula is C29H38N2O4S. The van der Waals surface area contributed by atoms with Crippen LogP contribution in [0.4, 0.5) is 0 Å². The van der Waals surface area contributed by atoms with Gasteiger partial charge in [0.05, 0.1) is 6.10 Å². The summed E-state index contributed by atoms with van der Waals surface area (Å²) in [5.74, 6) is -0.325. The van der Waals surface area contributed by atoms with E-state index in [9.17, 15) is 18.1 Å². The topological polar surface area (TPSA) is 81.1 Å². The Morgan fingerprint density at radius 3 is 1.58 bits per heavy atom. The van der Waals surface area contributed by atoms with Crippen LogP contribution in [0.3, 0.4) is 0 Å². The minimum Gasteiger partial charge on any atom is -0.390 e. The first-order chi connectivity index (χ1) is 17.2. The first kappa shape index (κ1) is 28.0. The van der Waals surface area contributed by atoms with Crippen molar-refractivity contribution < 1.29 is 18.1 Å². The average molecular weight is 511 g/mol. The van der Waals surface area contributed by atoms with Gasteiger partial charge in [0, 0.05) is 32.2 Å². The highest BCUT2D eigenvalue weighted by atomic mass is 32.2. The Kier molecular flexibility index (Phi) is 10.6. The van der Waals surface area contributed by atoms with Crippen LogP contribution in [-0.2, 0) is 29.6 Å². The van der Waals surface area contributed by atoms with Gasteiger partial charge < -0.3 is 5.11 Å². The van der Waals surface area contributed by atoms with E-state index in [4.69, 9.17) is 0 Å². The predicted octanol–water partition coefficient (Wildman–Crippen LogP) is 4.46. The summed E-state index contributed by atoms with van der Waals surface area (Å²) in [6, 6.07) is 30.1. The van der Waals surface area contributed by atoms with E-state index in [0.717, 1.165) is 16.7 Å². The summed E-state index contributed by atoms with van der Waals surface area (Å²) in [5, 5.41) is 11.6. The molecule has 0 saturated carbocycles. The SMILES string of the molecule is CC(C)CN(C[C@@H](O)[C@H](Cc1ccccc1)N(Cc1ccccc1)Cc1ccccc1)CS(=O)(=O)O. The van der Waals surface area contributed by atoms with Crippen LogP contribution in [0.5, 0.6) is 0 Å². The third-order valence-electron chi connectivity index (χ3n) is 6.07. The van der Waals surface area contributed by atoms with Gasteiger partial charge in [-0.2, -0.15) is 8.42 Å². The lowest BCUT2D eigenvalue weighted by molar-refractivity contribution is 0.0168. The molecule has 7 heteroatoms. The fraction of sp³-hybridized carbons (Fsp3) is 0.379. The first-order valence-corrected chi connectivity index (χ1v) is 14.0. The van der Waals surface area contributed by atoms with Gasteiger partial charge in [0.2, 0.25) is 0 Å². The molecule has 6 nitrogen and oxygen atoms in total. The summed E-state index contributed by atoms with van der Waals surface area (Å²) in [6.45, 7) is 5.82. The molecule has 3 aromatic carbocycles. The number of hydrogen-bond acceptors (Lipinski definition) is 5. The third kappa shape index (κ3) is 9.84. The van der Waals surface area contributed by atoms with Crippen LogP contribution in [0.2, 0.25) is 0 Å². The maximum atomic E-state index is 11.7. The monoisotopic (exact) mass is 510 g/mol. The van der Waals surface area contributed by atoms with Crippen molar-refractivity contribution in [3.05, 3.63) is 108 Å². The zero-order valence-electron chi connectivity index (χ0n) is 21.1. The second kappa shape index (κ2) is 13.7. The Bertz CT molecular complexity index is 1080. The smallest absolute Gasteiger partial charge is 0.278 e. The Balaban J connectivity index is 1.94. The molecule has 0 aliphatic heterocycles. The molecule has 0 amide bonds. The zero-order valence-corrected chi connectivity index (χ0v) is 22.0. The summed E-state index contributed by atoms with van der Waals surface area (Å²) in [4.78, 5) is 3.90. The summed E-state index contributed by atoms with van der Waals surface area (Å²) in [5.41, 5.74) is 3.36. The van der Waals surface area contributed by atoms with E-state index in [1.54, 1.807) is 4.90 Å². The minimum atomic E-state index is -4.22. The highest BCUT2D eigenvalue weighted by Gasteiger charge is 2.30. The molecule has 0 unspecified atom stereocenters. The average Bonchev–Trinajstić information content (AvgIpc) is 2.82. The van der Waals surface area contributed by atoms with E-state index in [0.29, 0.717) is 26.1 Å². The molecule has 0 radical (unpaired) electrons. The highest BCUT2D eigenvalue weighted by Crippen LogP contribution is 2.21. The van der Waals surface area contributed by atoms with E-state index in [1.807, 2.05) is 80.6 Å². The Labute approximate surface area is 216 Å². The lowest BCUT2D eigenvalue weighted by atomic mass is 9.97. The van der Waals surface area contributed by atoms with Gasteiger partial charge in [-0.15, -0.1) is 0 Å². The van der Waals surface area contributed by atoms with E-state index in [-0.39, 0.29) is 18.5 Å². The number of aliphatic hydroxyl groups excluding tert-OH is 1. The van der Waals surface area contributed by atoms with Crippen molar-refractivity contribution in [3.63, 3.8) is 0 Å². The highest BCUT2D eigenvalue weighted by molar-refractivity contribution is 7.85. The van der Waals surface area contributed by atoms with Gasteiger partial charge in [-0.25, -0.2) is 0 Å². The molecular weight excluding hydrogens is 472 g/mol. The molecule has 36 heavy (non-hydrogen) atoms. The van der Waals surface area contributed by atoms with Crippen molar-refractivity contribution in [3.8, 4) is 0 Å². The van der Waals surface area contributed by atoms with Gasteiger partial charge in [-0.05, 0) is 29.0 Å². The molecule has 0 aliphatic rings. The van der Waals surface area contributed by atoms with Crippen molar-refractivity contribution in [2.45, 2.75) is 45.5 Å². The molecule has 2 N–H and O–H groups in total. The zero-order chi connectivity index (χ0) is 26.0. The molecule has 3 aromatic rings. The van der Waals surface area contributed by atoms with E-state index < -0.39 is 22.1 Å². The van der Waals surface area contributed by atoms with Gasteiger partial charge in [0.25, 0.3) is 10.1 Å². The van der Waals surface area contributed by atoms with Crippen molar-refractivity contribution in [2.24, 2.45) is 5.92 Å². The van der Waals surface area contributed by atoms with Crippen LogP contribution in [0.1, 0.15) is 30.5 Å². The fourth-order valence-electron chi connectivity index (χ4n) is 4.60. The fourth-order valence-corrected chi connectivity index (χ4v) is 5.28.